The van der Waals surface area contributed by atoms with E-state index in [4.69, 9.17) is 21.5 Å². The molecule has 0 bridgehead atoms. The lowest BCUT2D eigenvalue weighted by Crippen LogP contribution is -2.21. The number of hydrogen-bond acceptors (Lipinski definition) is 7. The van der Waals surface area contributed by atoms with E-state index in [0.29, 0.717) is 10.6 Å². The van der Waals surface area contributed by atoms with Gasteiger partial charge in [0.25, 0.3) is 5.91 Å². The number of nitrogens with one attached hydrogen (secondary N) is 1. The molecule has 11 heteroatoms. The van der Waals surface area contributed by atoms with E-state index in [9.17, 15) is 23.3 Å². The second-order valence-electron chi connectivity index (χ2n) is 5.99. The summed E-state index contributed by atoms with van der Waals surface area (Å²) in [4.78, 5) is 24.9. The molecule has 1 amide bonds. The largest absolute Gasteiger partial charge is 0.452 e. The molecule has 0 radical (unpaired) electrons. The van der Waals surface area contributed by atoms with Gasteiger partial charge in [-0.25, -0.2) is 18.4 Å². The number of nitrogens with zero attached hydrogens (tertiary/aromatic N) is 1. The van der Waals surface area contributed by atoms with Crippen molar-refractivity contribution in [1.82, 2.24) is 0 Å². The van der Waals surface area contributed by atoms with Crippen molar-refractivity contribution in [1.29, 1.82) is 5.26 Å². The van der Waals surface area contributed by atoms with E-state index >= 15 is 0 Å². The van der Waals surface area contributed by atoms with Gasteiger partial charge in [0, 0.05) is 4.88 Å². The molecule has 28 heavy (non-hydrogen) atoms. The number of fused-ring (bicyclic) bond motifs is 1. The molecule has 1 aromatic carbocycles. The number of esters is 1. The van der Waals surface area contributed by atoms with Crippen molar-refractivity contribution in [3.8, 4) is 6.07 Å². The number of nitrogens with two attached hydrogens (primary N) is 1. The van der Waals surface area contributed by atoms with Crippen molar-refractivity contribution in [3.05, 3.63) is 44.8 Å². The van der Waals surface area contributed by atoms with Crippen LogP contribution in [-0.4, -0.2) is 26.9 Å². The van der Waals surface area contributed by atoms with Gasteiger partial charge < -0.3 is 10.1 Å². The second-order valence-corrected chi connectivity index (χ2v) is 9.03. The first-order valence-electron chi connectivity index (χ1n) is 8.04. The zero-order valence-corrected chi connectivity index (χ0v) is 16.7. The Balaban J connectivity index is 1.66. The maximum Gasteiger partial charge on any atom is 0.338 e. The van der Waals surface area contributed by atoms with Gasteiger partial charge in [0.15, 0.2) is 6.61 Å². The standard InChI is InChI=1S/C17H14ClN3O5S2/c18-12-5-4-9(6-14(12)28(20,24)25)17(23)26-8-15(22)21-16-11(7-19)10-2-1-3-13(10)27-16/h4-6H,1-3,8H2,(H,21,22)(H2,20,24,25). The molecule has 0 unspecified atom stereocenters. The minimum Gasteiger partial charge on any atom is -0.452 e. The smallest absolute Gasteiger partial charge is 0.338 e. The number of benzene rings is 1. The average Bonchev–Trinajstić information content (AvgIpc) is 3.19. The molecule has 1 aromatic heterocycles. The van der Waals surface area contributed by atoms with Crippen LogP contribution in [0.2, 0.25) is 5.02 Å². The fourth-order valence-corrected chi connectivity index (χ4v) is 5.16. The Bertz CT molecular complexity index is 1120. The minimum absolute atomic E-state index is 0.117. The number of aryl methyl sites for hydroxylation is 1. The number of amides is 1. The van der Waals surface area contributed by atoms with Crippen LogP contribution in [-0.2, 0) is 32.4 Å². The first-order chi connectivity index (χ1) is 13.2. The number of primary sulfonamides is 1. The quantitative estimate of drug-likeness (QED) is 0.684. The molecule has 1 aliphatic rings. The molecule has 0 saturated carbocycles. The topological polar surface area (TPSA) is 139 Å². The molecule has 0 aliphatic heterocycles. The normalized spacial score (nSPS) is 12.9. The van der Waals surface area contributed by atoms with Crippen molar-refractivity contribution in [2.45, 2.75) is 24.2 Å². The van der Waals surface area contributed by atoms with Gasteiger partial charge in [-0.3, -0.25) is 4.79 Å². The molecule has 1 aliphatic carbocycles. The van der Waals surface area contributed by atoms with Crippen LogP contribution in [0.3, 0.4) is 0 Å². The molecular formula is C17H14ClN3O5S2. The summed E-state index contributed by atoms with van der Waals surface area (Å²) in [6, 6.07) is 5.54. The van der Waals surface area contributed by atoms with Gasteiger partial charge in [0.2, 0.25) is 10.0 Å². The Morgan fingerprint density at radius 2 is 2.11 bits per heavy atom. The Morgan fingerprint density at radius 1 is 1.36 bits per heavy atom. The molecule has 2 aromatic rings. The lowest BCUT2D eigenvalue weighted by Gasteiger charge is -2.08. The summed E-state index contributed by atoms with van der Waals surface area (Å²) in [6.07, 6.45) is 2.67. The number of rotatable bonds is 5. The fraction of sp³-hybridized carbons (Fsp3) is 0.235. The Hall–Kier alpha value is -2.45. The predicted octanol–water partition coefficient (Wildman–Crippen LogP) is 2.20. The molecule has 3 N–H and O–H groups in total. The first kappa shape index (κ1) is 20.3. The third-order valence-electron chi connectivity index (χ3n) is 4.09. The van der Waals surface area contributed by atoms with Crippen LogP contribution in [0.5, 0.6) is 0 Å². The lowest BCUT2D eigenvalue weighted by molar-refractivity contribution is -0.119. The van der Waals surface area contributed by atoms with Crippen LogP contribution in [0.4, 0.5) is 5.00 Å². The molecule has 0 fully saturated rings. The number of thiophene rings is 1. The summed E-state index contributed by atoms with van der Waals surface area (Å²) in [5.41, 5.74) is 1.30. The Kier molecular flexibility index (Phi) is 5.71. The summed E-state index contributed by atoms with van der Waals surface area (Å²) in [7, 11) is -4.12. The Labute approximate surface area is 169 Å². The third-order valence-corrected chi connectivity index (χ3v) is 6.69. The number of halogens is 1. The molecule has 0 saturated heterocycles. The number of hydrogen-bond donors (Lipinski definition) is 2. The van der Waals surface area contributed by atoms with Crippen LogP contribution in [0.25, 0.3) is 0 Å². The third kappa shape index (κ3) is 4.18. The van der Waals surface area contributed by atoms with Crippen molar-refractivity contribution in [2.24, 2.45) is 5.14 Å². The van der Waals surface area contributed by atoms with Gasteiger partial charge in [0.05, 0.1) is 16.1 Å². The highest BCUT2D eigenvalue weighted by Crippen LogP contribution is 2.38. The van der Waals surface area contributed by atoms with Gasteiger partial charge >= 0.3 is 5.97 Å². The molecule has 3 rings (SSSR count). The van der Waals surface area contributed by atoms with Gasteiger partial charge in [0.1, 0.15) is 16.0 Å². The highest BCUT2D eigenvalue weighted by atomic mass is 35.5. The molecule has 0 spiro atoms. The van der Waals surface area contributed by atoms with Crippen molar-refractivity contribution in [3.63, 3.8) is 0 Å². The van der Waals surface area contributed by atoms with Crippen LogP contribution in [0, 0.1) is 11.3 Å². The van der Waals surface area contributed by atoms with Crippen LogP contribution in [0.15, 0.2) is 23.1 Å². The van der Waals surface area contributed by atoms with E-state index in [-0.39, 0.29) is 10.6 Å². The summed E-state index contributed by atoms with van der Waals surface area (Å²) in [5.74, 6) is -1.52. The van der Waals surface area contributed by atoms with Crippen LogP contribution in [0.1, 0.15) is 32.8 Å². The number of carbonyl (C=O) groups is 2. The summed E-state index contributed by atoms with van der Waals surface area (Å²) in [5, 5.41) is 17.2. The molecular weight excluding hydrogens is 426 g/mol. The summed E-state index contributed by atoms with van der Waals surface area (Å²) < 4.78 is 27.9. The highest BCUT2D eigenvalue weighted by molar-refractivity contribution is 7.89. The zero-order valence-electron chi connectivity index (χ0n) is 14.3. The van der Waals surface area contributed by atoms with E-state index in [1.165, 1.54) is 23.5 Å². The first-order valence-corrected chi connectivity index (χ1v) is 10.8. The van der Waals surface area contributed by atoms with Crippen molar-refractivity contribution < 1.29 is 22.7 Å². The number of anilines is 1. The summed E-state index contributed by atoms with van der Waals surface area (Å²) in [6.45, 7) is -0.598. The Morgan fingerprint density at radius 3 is 2.79 bits per heavy atom. The monoisotopic (exact) mass is 439 g/mol. The van der Waals surface area contributed by atoms with Crippen molar-refractivity contribution in [2.75, 3.05) is 11.9 Å². The molecule has 8 nitrogen and oxygen atoms in total. The molecule has 0 atom stereocenters. The van der Waals surface area contributed by atoms with Crippen LogP contribution >= 0.6 is 22.9 Å². The number of sulfonamides is 1. The van der Waals surface area contributed by atoms with Crippen LogP contribution < -0.4 is 10.5 Å². The predicted molar refractivity (Wildman–Crippen MR) is 103 cm³/mol. The molecule has 1 heterocycles. The maximum absolute atomic E-state index is 12.1. The van der Waals surface area contributed by atoms with Gasteiger partial charge in [-0.15, -0.1) is 11.3 Å². The SMILES string of the molecule is N#Cc1c(NC(=O)COC(=O)c2ccc(Cl)c(S(N)(=O)=O)c2)sc2c1CCC2. The minimum atomic E-state index is -4.12. The average molecular weight is 440 g/mol. The molecule has 146 valence electrons. The van der Waals surface area contributed by atoms with Gasteiger partial charge in [-0.2, -0.15) is 5.26 Å². The number of ether oxygens (including phenoxy) is 1. The number of nitriles is 1. The lowest BCUT2D eigenvalue weighted by atomic mass is 10.1. The van der Waals surface area contributed by atoms with E-state index in [1.54, 1.807) is 0 Å². The highest BCUT2D eigenvalue weighted by Gasteiger charge is 2.23. The second kappa shape index (κ2) is 7.89. The van der Waals surface area contributed by atoms with E-state index in [2.05, 4.69) is 11.4 Å². The van der Waals surface area contributed by atoms with Crippen molar-refractivity contribution >= 4 is 49.8 Å². The van der Waals surface area contributed by atoms with Gasteiger partial charge in [-0.05, 0) is 43.0 Å². The summed E-state index contributed by atoms with van der Waals surface area (Å²) >= 11 is 7.11. The fourth-order valence-electron chi connectivity index (χ4n) is 2.84. The zero-order chi connectivity index (χ0) is 20.5. The van der Waals surface area contributed by atoms with Gasteiger partial charge in [-0.1, -0.05) is 11.6 Å². The van der Waals surface area contributed by atoms with E-state index < -0.39 is 33.4 Å². The maximum atomic E-state index is 12.1. The van der Waals surface area contributed by atoms with E-state index in [1.807, 2.05) is 0 Å². The van der Waals surface area contributed by atoms with E-state index in [0.717, 1.165) is 35.8 Å². The number of carbonyl (C=O) groups excluding carboxylic acids is 2.